The van der Waals surface area contributed by atoms with Gasteiger partial charge in [-0.1, -0.05) is 12.1 Å². The molecule has 1 amide bonds. The second kappa shape index (κ2) is 6.74. The van der Waals surface area contributed by atoms with Gasteiger partial charge in [0.05, 0.1) is 13.0 Å². The summed E-state index contributed by atoms with van der Waals surface area (Å²) in [6, 6.07) is 5.83. The predicted octanol–water partition coefficient (Wildman–Crippen LogP) is 1.39. The maximum Gasteiger partial charge on any atom is 0.325 e. The van der Waals surface area contributed by atoms with Crippen molar-refractivity contribution in [3.8, 4) is 0 Å². The standard InChI is InChI=1S/C13H16FNO3/c1-3-18-13(17)9-15(2)12(16)8-10-5-4-6-11(14)7-10/h4-7H,3,8-9H2,1-2H3. The first-order chi connectivity index (χ1) is 8.52. The first-order valence-corrected chi connectivity index (χ1v) is 5.67. The minimum atomic E-state index is -0.451. The Hall–Kier alpha value is -1.91. The van der Waals surface area contributed by atoms with E-state index in [2.05, 4.69) is 0 Å². The Balaban J connectivity index is 2.52. The molecule has 0 N–H and O–H groups in total. The second-order valence-electron chi connectivity index (χ2n) is 3.86. The van der Waals surface area contributed by atoms with Crippen molar-refractivity contribution in [2.45, 2.75) is 13.3 Å². The third-order valence-corrected chi connectivity index (χ3v) is 2.34. The molecule has 0 bridgehead atoms. The van der Waals surface area contributed by atoms with Gasteiger partial charge in [0.1, 0.15) is 12.4 Å². The lowest BCUT2D eigenvalue weighted by Gasteiger charge is -2.16. The monoisotopic (exact) mass is 253 g/mol. The van der Waals surface area contributed by atoms with Crippen molar-refractivity contribution in [1.82, 2.24) is 4.90 Å². The summed E-state index contributed by atoms with van der Waals surface area (Å²) < 4.78 is 17.7. The van der Waals surface area contributed by atoms with Crippen molar-refractivity contribution >= 4 is 11.9 Å². The van der Waals surface area contributed by atoms with E-state index in [1.165, 1.54) is 24.1 Å². The van der Waals surface area contributed by atoms with E-state index >= 15 is 0 Å². The predicted molar refractivity (Wildman–Crippen MR) is 64.4 cm³/mol. The Bertz CT molecular complexity index is 434. The fourth-order valence-corrected chi connectivity index (χ4v) is 1.44. The van der Waals surface area contributed by atoms with E-state index in [-0.39, 0.29) is 31.3 Å². The van der Waals surface area contributed by atoms with Crippen molar-refractivity contribution in [1.29, 1.82) is 0 Å². The Morgan fingerprint density at radius 3 is 2.72 bits per heavy atom. The molecule has 0 aliphatic rings. The first kappa shape index (κ1) is 14.2. The molecule has 0 fully saturated rings. The van der Waals surface area contributed by atoms with Gasteiger partial charge in [-0.15, -0.1) is 0 Å². The molecule has 0 aliphatic heterocycles. The number of amides is 1. The average molecular weight is 253 g/mol. The van der Waals surface area contributed by atoms with Crippen LogP contribution in [-0.4, -0.2) is 37.0 Å². The molecule has 0 saturated carbocycles. The number of carbonyl (C=O) groups is 2. The number of ether oxygens (including phenoxy) is 1. The van der Waals surface area contributed by atoms with Crippen molar-refractivity contribution < 1.29 is 18.7 Å². The molecule has 1 aromatic carbocycles. The van der Waals surface area contributed by atoms with Gasteiger partial charge in [0.25, 0.3) is 0 Å². The van der Waals surface area contributed by atoms with Crippen LogP contribution in [0.25, 0.3) is 0 Å². The molecule has 0 saturated heterocycles. The van der Waals surface area contributed by atoms with E-state index in [9.17, 15) is 14.0 Å². The third kappa shape index (κ3) is 4.53. The molecular weight excluding hydrogens is 237 g/mol. The molecule has 98 valence electrons. The van der Waals surface area contributed by atoms with Gasteiger partial charge in [0, 0.05) is 7.05 Å². The summed E-state index contributed by atoms with van der Waals surface area (Å²) in [4.78, 5) is 24.2. The molecule has 5 heteroatoms. The number of benzene rings is 1. The van der Waals surface area contributed by atoms with Crippen LogP contribution < -0.4 is 0 Å². The molecule has 0 unspecified atom stereocenters. The van der Waals surface area contributed by atoms with Crippen LogP contribution in [0.5, 0.6) is 0 Å². The smallest absolute Gasteiger partial charge is 0.325 e. The number of halogens is 1. The summed E-state index contributed by atoms with van der Waals surface area (Å²) in [6.07, 6.45) is 0.0632. The van der Waals surface area contributed by atoms with Gasteiger partial charge < -0.3 is 9.64 Å². The van der Waals surface area contributed by atoms with Gasteiger partial charge >= 0.3 is 5.97 Å². The minimum Gasteiger partial charge on any atom is -0.465 e. The van der Waals surface area contributed by atoms with Gasteiger partial charge in [0.2, 0.25) is 5.91 Å². The van der Waals surface area contributed by atoms with Crippen molar-refractivity contribution in [3.05, 3.63) is 35.6 Å². The third-order valence-electron chi connectivity index (χ3n) is 2.34. The lowest BCUT2D eigenvalue weighted by Crippen LogP contribution is -2.34. The van der Waals surface area contributed by atoms with Crippen molar-refractivity contribution in [3.63, 3.8) is 0 Å². The number of nitrogens with zero attached hydrogens (tertiary/aromatic N) is 1. The summed E-state index contributed by atoms with van der Waals surface area (Å²) in [7, 11) is 1.51. The number of esters is 1. The molecule has 0 atom stereocenters. The largest absolute Gasteiger partial charge is 0.465 e. The van der Waals surface area contributed by atoms with Gasteiger partial charge in [-0.25, -0.2) is 4.39 Å². The highest BCUT2D eigenvalue weighted by Gasteiger charge is 2.14. The molecule has 18 heavy (non-hydrogen) atoms. The van der Waals surface area contributed by atoms with E-state index in [1.54, 1.807) is 19.1 Å². The first-order valence-electron chi connectivity index (χ1n) is 5.67. The minimum absolute atomic E-state index is 0.0632. The Morgan fingerprint density at radius 2 is 2.11 bits per heavy atom. The van der Waals surface area contributed by atoms with Crippen LogP contribution in [0.2, 0.25) is 0 Å². The fraction of sp³-hybridized carbons (Fsp3) is 0.385. The summed E-state index contributed by atoms with van der Waals surface area (Å²) in [5, 5.41) is 0. The highest BCUT2D eigenvalue weighted by atomic mass is 19.1. The number of carbonyl (C=O) groups excluding carboxylic acids is 2. The topological polar surface area (TPSA) is 46.6 Å². The Labute approximate surface area is 105 Å². The zero-order chi connectivity index (χ0) is 13.5. The fourth-order valence-electron chi connectivity index (χ4n) is 1.44. The van der Waals surface area contributed by atoms with Crippen LogP contribution in [0.15, 0.2) is 24.3 Å². The van der Waals surface area contributed by atoms with Crippen LogP contribution in [0.1, 0.15) is 12.5 Å². The molecule has 4 nitrogen and oxygen atoms in total. The molecule has 1 rings (SSSR count). The number of hydrogen-bond donors (Lipinski definition) is 0. The van der Waals surface area contributed by atoms with Crippen LogP contribution >= 0.6 is 0 Å². The molecule has 0 aliphatic carbocycles. The maximum atomic E-state index is 12.9. The quantitative estimate of drug-likeness (QED) is 0.745. The normalized spacial score (nSPS) is 9.94. The highest BCUT2D eigenvalue weighted by Crippen LogP contribution is 2.05. The Morgan fingerprint density at radius 1 is 1.39 bits per heavy atom. The molecular formula is C13H16FNO3. The van der Waals surface area contributed by atoms with Crippen molar-refractivity contribution in [2.24, 2.45) is 0 Å². The van der Waals surface area contributed by atoms with Gasteiger partial charge in [-0.05, 0) is 24.6 Å². The van der Waals surface area contributed by atoms with Crippen LogP contribution in [0.3, 0.4) is 0 Å². The zero-order valence-corrected chi connectivity index (χ0v) is 10.5. The lowest BCUT2D eigenvalue weighted by molar-refractivity contribution is -0.147. The van der Waals surface area contributed by atoms with E-state index in [4.69, 9.17) is 4.74 Å². The van der Waals surface area contributed by atoms with Gasteiger partial charge in [0.15, 0.2) is 0 Å². The highest BCUT2D eigenvalue weighted by molar-refractivity contribution is 5.83. The Kier molecular flexibility index (Phi) is 5.30. The number of rotatable bonds is 5. The van der Waals surface area contributed by atoms with Crippen LogP contribution in [-0.2, 0) is 20.7 Å². The van der Waals surface area contributed by atoms with Crippen molar-refractivity contribution in [2.75, 3.05) is 20.2 Å². The van der Waals surface area contributed by atoms with Crippen LogP contribution in [0, 0.1) is 5.82 Å². The zero-order valence-electron chi connectivity index (χ0n) is 10.5. The maximum absolute atomic E-state index is 12.9. The van der Waals surface area contributed by atoms with E-state index in [0.717, 1.165) is 0 Å². The summed E-state index contributed by atoms with van der Waals surface area (Å²) in [5.74, 6) is -1.09. The van der Waals surface area contributed by atoms with Gasteiger partial charge in [-0.3, -0.25) is 9.59 Å². The molecule has 1 aromatic rings. The SMILES string of the molecule is CCOC(=O)CN(C)C(=O)Cc1cccc(F)c1. The molecule has 0 radical (unpaired) electrons. The van der Waals surface area contributed by atoms with Crippen LogP contribution in [0.4, 0.5) is 4.39 Å². The summed E-state index contributed by atoms with van der Waals surface area (Å²) in [6.45, 7) is 1.89. The second-order valence-corrected chi connectivity index (χ2v) is 3.86. The molecule has 0 spiro atoms. The van der Waals surface area contributed by atoms with E-state index in [1.807, 2.05) is 0 Å². The average Bonchev–Trinajstić information content (AvgIpc) is 2.29. The van der Waals surface area contributed by atoms with E-state index in [0.29, 0.717) is 5.56 Å². The summed E-state index contributed by atoms with van der Waals surface area (Å²) >= 11 is 0. The van der Waals surface area contributed by atoms with E-state index < -0.39 is 5.97 Å². The van der Waals surface area contributed by atoms with Gasteiger partial charge in [-0.2, -0.15) is 0 Å². The number of likely N-dealkylation sites (N-methyl/N-ethyl adjacent to an activating group) is 1. The molecule has 0 aromatic heterocycles. The lowest BCUT2D eigenvalue weighted by atomic mass is 10.1. The summed E-state index contributed by atoms with van der Waals surface area (Å²) in [5.41, 5.74) is 0.579. The number of hydrogen-bond acceptors (Lipinski definition) is 3. The molecule has 0 heterocycles.